The highest BCUT2D eigenvalue weighted by Crippen LogP contribution is 2.55. The topological polar surface area (TPSA) is 68.3 Å². The maximum Gasteiger partial charge on any atom is 0.306 e. The lowest BCUT2D eigenvalue weighted by Crippen LogP contribution is -2.61. The lowest BCUT2D eigenvalue weighted by atomic mass is 9.53. The van der Waals surface area contributed by atoms with E-state index in [1.807, 2.05) is 24.3 Å². The van der Waals surface area contributed by atoms with Crippen LogP contribution in [0.15, 0.2) is 24.3 Å². The molecule has 154 valence electrons. The zero-order valence-electron chi connectivity index (χ0n) is 16.9. The Morgan fingerprint density at radius 2 is 1.83 bits per heavy atom. The monoisotopic (exact) mass is 412 g/mol. The summed E-state index contributed by atoms with van der Waals surface area (Å²) in [6, 6.07) is 7.96. The van der Waals surface area contributed by atoms with E-state index in [2.05, 4.69) is 10.3 Å². The van der Waals surface area contributed by atoms with Gasteiger partial charge in [-0.15, -0.1) is 11.3 Å². The van der Waals surface area contributed by atoms with Gasteiger partial charge in [0.15, 0.2) is 6.10 Å². The second-order valence-electron chi connectivity index (χ2n) is 9.39. The molecule has 29 heavy (non-hydrogen) atoms. The Morgan fingerprint density at radius 3 is 2.48 bits per heavy atom. The van der Waals surface area contributed by atoms with E-state index in [1.165, 1.54) is 19.3 Å². The molecule has 0 saturated heterocycles. The van der Waals surface area contributed by atoms with Crippen molar-refractivity contribution in [3.05, 3.63) is 29.3 Å². The fraction of sp³-hybridized carbons (Fsp3) is 0.609. The molecule has 1 aromatic heterocycles. The van der Waals surface area contributed by atoms with E-state index in [0.717, 1.165) is 52.2 Å². The van der Waals surface area contributed by atoms with Crippen LogP contribution in [0, 0.1) is 17.8 Å². The minimum absolute atomic E-state index is 0.0481. The van der Waals surface area contributed by atoms with Crippen LogP contribution in [-0.2, 0) is 20.7 Å². The third-order valence-corrected chi connectivity index (χ3v) is 8.08. The number of fused-ring (bicyclic) bond motifs is 1. The third-order valence-electron chi connectivity index (χ3n) is 6.99. The second kappa shape index (κ2) is 7.38. The van der Waals surface area contributed by atoms with Gasteiger partial charge in [-0.25, -0.2) is 4.98 Å². The summed E-state index contributed by atoms with van der Waals surface area (Å²) in [4.78, 5) is 29.6. The smallest absolute Gasteiger partial charge is 0.306 e. The number of hydrogen-bond acceptors (Lipinski definition) is 5. The molecule has 4 aliphatic carbocycles. The van der Waals surface area contributed by atoms with Crippen molar-refractivity contribution in [3.63, 3.8) is 0 Å². The van der Waals surface area contributed by atoms with Crippen molar-refractivity contribution >= 4 is 33.4 Å². The summed E-state index contributed by atoms with van der Waals surface area (Å²) in [5.41, 5.74) is 0.914. The molecule has 5 nitrogen and oxygen atoms in total. The number of rotatable bonds is 6. The average molecular weight is 413 g/mol. The molecule has 0 unspecified atom stereocenters. The number of esters is 1. The Kier molecular flexibility index (Phi) is 4.85. The first-order valence-electron chi connectivity index (χ1n) is 10.8. The molecule has 6 heteroatoms. The number of nitrogens with zero attached hydrogens (tertiary/aromatic N) is 1. The number of amides is 1. The zero-order chi connectivity index (χ0) is 20.0. The van der Waals surface area contributed by atoms with Gasteiger partial charge >= 0.3 is 5.97 Å². The lowest BCUT2D eigenvalue weighted by molar-refractivity contribution is -0.156. The molecule has 4 fully saturated rings. The molecule has 0 aliphatic heterocycles. The molecular weight excluding hydrogens is 384 g/mol. The summed E-state index contributed by atoms with van der Waals surface area (Å²) in [6.45, 7) is 1.69. The summed E-state index contributed by atoms with van der Waals surface area (Å²) in [5, 5.41) is 4.22. The van der Waals surface area contributed by atoms with Crippen LogP contribution in [0.1, 0.15) is 56.9 Å². The van der Waals surface area contributed by atoms with E-state index < -0.39 is 6.10 Å². The van der Waals surface area contributed by atoms with Crippen molar-refractivity contribution in [2.45, 2.75) is 69.9 Å². The van der Waals surface area contributed by atoms with Crippen molar-refractivity contribution in [1.82, 2.24) is 10.3 Å². The molecule has 1 aromatic carbocycles. The van der Waals surface area contributed by atoms with E-state index >= 15 is 0 Å². The van der Waals surface area contributed by atoms with Crippen LogP contribution in [-0.4, -0.2) is 28.5 Å². The number of hydrogen-bond donors (Lipinski definition) is 1. The number of nitrogens with one attached hydrogen (secondary N) is 1. The molecule has 2 aromatic rings. The predicted octanol–water partition coefficient (Wildman–Crippen LogP) is 4.25. The van der Waals surface area contributed by atoms with Gasteiger partial charge in [-0.1, -0.05) is 12.1 Å². The van der Waals surface area contributed by atoms with Crippen LogP contribution in [0.4, 0.5) is 0 Å². The molecule has 1 amide bonds. The molecule has 6 rings (SSSR count). The van der Waals surface area contributed by atoms with Gasteiger partial charge < -0.3 is 10.1 Å². The molecule has 1 atom stereocenters. The lowest BCUT2D eigenvalue weighted by Gasteiger charge is -2.57. The van der Waals surface area contributed by atoms with Crippen LogP contribution in [0.3, 0.4) is 0 Å². The molecule has 4 bridgehead atoms. The van der Waals surface area contributed by atoms with Gasteiger partial charge in [-0.05, 0) is 75.3 Å². The molecule has 0 spiro atoms. The van der Waals surface area contributed by atoms with Crippen molar-refractivity contribution in [1.29, 1.82) is 0 Å². The normalized spacial score (nSPS) is 31.0. The summed E-state index contributed by atoms with van der Waals surface area (Å²) < 4.78 is 6.57. The first kappa shape index (κ1) is 19.0. The first-order chi connectivity index (χ1) is 14.0. The van der Waals surface area contributed by atoms with E-state index in [4.69, 9.17) is 4.74 Å². The van der Waals surface area contributed by atoms with Gasteiger partial charge in [-0.2, -0.15) is 0 Å². The Labute approximate surface area is 175 Å². The maximum atomic E-state index is 12.8. The van der Waals surface area contributed by atoms with E-state index in [-0.39, 0.29) is 23.8 Å². The van der Waals surface area contributed by atoms with E-state index in [1.54, 1.807) is 18.3 Å². The summed E-state index contributed by atoms with van der Waals surface area (Å²) in [7, 11) is 0. The number of aromatic nitrogens is 1. The zero-order valence-corrected chi connectivity index (χ0v) is 17.7. The highest BCUT2D eigenvalue weighted by atomic mass is 32.1. The number of carbonyl (C=O) groups is 2. The van der Waals surface area contributed by atoms with Crippen LogP contribution in [0.25, 0.3) is 10.2 Å². The Morgan fingerprint density at radius 1 is 1.17 bits per heavy atom. The molecular formula is C23H28N2O3S. The van der Waals surface area contributed by atoms with Gasteiger partial charge in [0, 0.05) is 12.0 Å². The Balaban J connectivity index is 1.13. The number of carbonyl (C=O) groups excluding carboxylic acids is 2. The molecule has 4 saturated carbocycles. The van der Waals surface area contributed by atoms with Crippen LogP contribution < -0.4 is 5.32 Å². The van der Waals surface area contributed by atoms with Crippen molar-refractivity contribution < 1.29 is 14.3 Å². The van der Waals surface area contributed by atoms with E-state index in [0.29, 0.717) is 6.42 Å². The number of aryl methyl sites for hydroxylation is 1. The molecule has 1 N–H and O–H groups in total. The Hall–Kier alpha value is -1.95. The first-order valence-corrected chi connectivity index (χ1v) is 11.7. The minimum atomic E-state index is -0.745. The Bertz CT molecular complexity index is 869. The standard InChI is InChI=1S/C23H28N2O3S/c1-14(22(27)25-23-11-15-8-16(12-23)10-17(9-15)13-23)28-21(26)7-6-20-24-18-4-2-3-5-19(18)29-20/h2-5,14-17H,6-13H2,1H3,(H,25,27)/t14-,15?,16?,17?,23?/m0/s1. The number of benzene rings is 1. The van der Waals surface area contributed by atoms with Crippen LogP contribution in [0.5, 0.6) is 0 Å². The number of para-hydroxylation sites is 1. The van der Waals surface area contributed by atoms with Gasteiger partial charge in [-0.3, -0.25) is 9.59 Å². The predicted molar refractivity (Wildman–Crippen MR) is 113 cm³/mol. The van der Waals surface area contributed by atoms with Crippen molar-refractivity contribution in [2.75, 3.05) is 0 Å². The molecule has 0 radical (unpaired) electrons. The summed E-state index contributed by atoms with van der Waals surface area (Å²) >= 11 is 1.60. The van der Waals surface area contributed by atoms with E-state index in [9.17, 15) is 9.59 Å². The number of ether oxygens (including phenoxy) is 1. The second-order valence-corrected chi connectivity index (χ2v) is 10.5. The van der Waals surface area contributed by atoms with Gasteiger partial charge in [0.25, 0.3) is 5.91 Å². The SMILES string of the molecule is C[C@H](OC(=O)CCc1nc2ccccc2s1)C(=O)NC12CC3CC(CC(C3)C1)C2. The maximum absolute atomic E-state index is 12.8. The van der Waals surface area contributed by atoms with Crippen molar-refractivity contribution in [3.8, 4) is 0 Å². The van der Waals surface area contributed by atoms with Crippen LogP contribution in [0.2, 0.25) is 0 Å². The quantitative estimate of drug-likeness (QED) is 0.721. The molecule has 4 aliphatic rings. The highest BCUT2D eigenvalue weighted by molar-refractivity contribution is 7.18. The fourth-order valence-electron chi connectivity index (χ4n) is 6.17. The van der Waals surface area contributed by atoms with Gasteiger partial charge in [0.05, 0.1) is 21.6 Å². The van der Waals surface area contributed by atoms with Crippen LogP contribution >= 0.6 is 11.3 Å². The fourth-order valence-corrected chi connectivity index (χ4v) is 7.14. The minimum Gasteiger partial charge on any atom is -0.453 e. The van der Waals surface area contributed by atoms with Gasteiger partial charge in [0.1, 0.15) is 0 Å². The number of thiazole rings is 1. The summed E-state index contributed by atoms with van der Waals surface area (Å²) in [5.74, 6) is 1.84. The largest absolute Gasteiger partial charge is 0.453 e. The highest BCUT2D eigenvalue weighted by Gasteiger charge is 2.51. The third kappa shape index (κ3) is 3.91. The van der Waals surface area contributed by atoms with Gasteiger partial charge in [0.2, 0.25) is 0 Å². The molecule has 1 heterocycles. The average Bonchev–Trinajstić information content (AvgIpc) is 3.08. The summed E-state index contributed by atoms with van der Waals surface area (Å²) in [6.07, 6.45) is 7.36. The van der Waals surface area contributed by atoms with Crippen molar-refractivity contribution in [2.24, 2.45) is 17.8 Å².